The number of piperidine rings is 1. The van der Waals surface area contributed by atoms with E-state index >= 15 is 0 Å². The summed E-state index contributed by atoms with van der Waals surface area (Å²) in [5.74, 6) is 0.914. The number of carboxylic acid groups (broad SMARTS) is 1. The summed E-state index contributed by atoms with van der Waals surface area (Å²) >= 11 is 0. The molecule has 1 aromatic rings. The molecule has 130 valence electrons. The van der Waals surface area contributed by atoms with E-state index < -0.39 is 6.09 Å². The molecule has 2 amide bonds. The lowest BCUT2D eigenvalue weighted by Gasteiger charge is -2.44. The zero-order chi connectivity index (χ0) is 16.7. The van der Waals surface area contributed by atoms with Gasteiger partial charge in [0, 0.05) is 44.5 Å². The highest BCUT2D eigenvalue weighted by Crippen LogP contribution is 2.39. The molecule has 0 aromatic carbocycles. The largest absolute Gasteiger partial charge is 0.465 e. The van der Waals surface area contributed by atoms with E-state index in [9.17, 15) is 9.59 Å². The number of hydrogen-bond acceptors (Lipinski definition) is 4. The monoisotopic (exact) mass is 333 g/mol. The summed E-state index contributed by atoms with van der Waals surface area (Å²) in [6, 6.07) is 0. The van der Waals surface area contributed by atoms with Gasteiger partial charge in [-0.3, -0.25) is 4.79 Å². The number of fused-ring (bicyclic) bond motifs is 1. The predicted molar refractivity (Wildman–Crippen MR) is 85.8 cm³/mol. The molecule has 8 nitrogen and oxygen atoms in total. The fourth-order valence-electron chi connectivity index (χ4n) is 4.32. The fraction of sp³-hybridized carbons (Fsp3) is 0.688. The van der Waals surface area contributed by atoms with Crippen molar-refractivity contribution < 1.29 is 14.7 Å². The van der Waals surface area contributed by atoms with E-state index in [1.165, 1.54) is 4.90 Å². The normalized spacial score (nSPS) is 22.7. The molecular formula is C16H23N5O3. The minimum Gasteiger partial charge on any atom is -0.465 e. The second-order valence-corrected chi connectivity index (χ2v) is 6.97. The van der Waals surface area contributed by atoms with E-state index in [-0.39, 0.29) is 11.4 Å². The molecule has 4 rings (SSSR count). The summed E-state index contributed by atoms with van der Waals surface area (Å²) < 4.78 is 2.06. The third kappa shape index (κ3) is 2.45. The number of amides is 2. The summed E-state index contributed by atoms with van der Waals surface area (Å²) in [5, 5.41) is 12.4. The van der Waals surface area contributed by atoms with Gasteiger partial charge in [0.2, 0.25) is 0 Å². The van der Waals surface area contributed by atoms with Gasteiger partial charge in [0.05, 0.1) is 6.54 Å². The fourth-order valence-corrected chi connectivity index (χ4v) is 4.32. The molecule has 0 saturated carbocycles. The molecule has 0 radical (unpaired) electrons. The molecule has 0 bridgehead atoms. The number of nitrogens with one attached hydrogen (secondary N) is 1. The van der Waals surface area contributed by atoms with Gasteiger partial charge in [-0.2, -0.15) is 0 Å². The first-order valence-electron chi connectivity index (χ1n) is 8.66. The van der Waals surface area contributed by atoms with Gasteiger partial charge < -0.3 is 24.8 Å². The van der Waals surface area contributed by atoms with Crippen LogP contribution in [0.5, 0.6) is 0 Å². The molecule has 2 N–H and O–H groups in total. The first-order chi connectivity index (χ1) is 11.6. The van der Waals surface area contributed by atoms with Crippen molar-refractivity contribution in [2.75, 3.05) is 26.2 Å². The van der Waals surface area contributed by atoms with Crippen molar-refractivity contribution in [3.8, 4) is 0 Å². The highest BCUT2D eigenvalue weighted by Gasteiger charge is 2.46. The van der Waals surface area contributed by atoms with Crippen LogP contribution in [0.4, 0.5) is 4.79 Å². The molecule has 2 fully saturated rings. The lowest BCUT2D eigenvalue weighted by molar-refractivity contribution is 0.0377. The lowest BCUT2D eigenvalue weighted by Crippen LogP contribution is -2.54. The molecule has 3 aliphatic rings. The van der Waals surface area contributed by atoms with E-state index in [0.29, 0.717) is 25.3 Å². The van der Waals surface area contributed by atoms with E-state index in [0.717, 1.165) is 51.1 Å². The van der Waals surface area contributed by atoms with Crippen molar-refractivity contribution >= 4 is 12.0 Å². The zero-order valence-electron chi connectivity index (χ0n) is 13.7. The van der Waals surface area contributed by atoms with E-state index in [1.807, 2.05) is 11.1 Å². The van der Waals surface area contributed by atoms with Gasteiger partial charge in [0.1, 0.15) is 11.5 Å². The molecular weight excluding hydrogens is 310 g/mol. The number of rotatable bonds is 1. The molecule has 1 spiro atoms. The zero-order valence-corrected chi connectivity index (χ0v) is 13.7. The van der Waals surface area contributed by atoms with Gasteiger partial charge in [-0.1, -0.05) is 0 Å². The van der Waals surface area contributed by atoms with Crippen LogP contribution >= 0.6 is 0 Å². The molecule has 3 aliphatic heterocycles. The number of likely N-dealkylation sites (tertiary alicyclic amines) is 2. The van der Waals surface area contributed by atoms with Crippen LogP contribution in [0.25, 0.3) is 0 Å². The topological polar surface area (TPSA) is 90.7 Å². The lowest BCUT2D eigenvalue weighted by atomic mass is 9.85. The van der Waals surface area contributed by atoms with Crippen LogP contribution < -0.4 is 5.32 Å². The molecule has 0 atom stereocenters. The van der Waals surface area contributed by atoms with Crippen LogP contribution in [0, 0.1) is 0 Å². The Labute approximate surface area is 140 Å². The van der Waals surface area contributed by atoms with Crippen LogP contribution in [-0.4, -0.2) is 68.2 Å². The minimum absolute atomic E-state index is 0.00169. The molecule has 0 unspecified atom stereocenters. The molecule has 8 heteroatoms. The maximum absolute atomic E-state index is 13.1. The van der Waals surface area contributed by atoms with Crippen LogP contribution in [0.1, 0.15) is 42.0 Å². The summed E-state index contributed by atoms with van der Waals surface area (Å²) in [4.78, 5) is 32.1. The quantitative estimate of drug-likeness (QED) is 0.791. The van der Waals surface area contributed by atoms with Crippen molar-refractivity contribution in [2.24, 2.45) is 0 Å². The van der Waals surface area contributed by atoms with Crippen molar-refractivity contribution in [3.63, 3.8) is 0 Å². The van der Waals surface area contributed by atoms with Gasteiger partial charge in [0.15, 0.2) is 0 Å². The van der Waals surface area contributed by atoms with Crippen molar-refractivity contribution in [1.82, 2.24) is 24.7 Å². The Morgan fingerprint density at radius 2 is 1.96 bits per heavy atom. The number of nitrogens with zero attached hydrogens (tertiary/aromatic N) is 4. The Morgan fingerprint density at radius 3 is 2.67 bits per heavy atom. The minimum atomic E-state index is -0.866. The van der Waals surface area contributed by atoms with Gasteiger partial charge in [-0.15, -0.1) is 0 Å². The number of carbonyl (C=O) groups is 2. The summed E-state index contributed by atoms with van der Waals surface area (Å²) in [5.41, 5.74) is 0.335. The van der Waals surface area contributed by atoms with E-state index in [2.05, 4.69) is 14.9 Å². The maximum atomic E-state index is 13.1. The Balaban J connectivity index is 1.53. The highest BCUT2D eigenvalue weighted by molar-refractivity contribution is 5.93. The number of carbonyl (C=O) groups excluding carboxylic acids is 1. The standard InChI is InChI=1S/C16H23N5O3/c22-14(12-11-20-9-5-17-10-13(20)18-12)21-6-1-2-16(21)3-7-19(8-4-16)15(23)24/h11,17H,1-10H2,(H,23,24). The van der Waals surface area contributed by atoms with Crippen LogP contribution in [0.15, 0.2) is 6.20 Å². The molecule has 1 aromatic heterocycles. The van der Waals surface area contributed by atoms with Gasteiger partial charge >= 0.3 is 6.09 Å². The number of imidazole rings is 1. The Morgan fingerprint density at radius 1 is 1.17 bits per heavy atom. The van der Waals surface area contributed by atoms with E-state index in [4.69, 9.17) is 5.11 Å². The van der Waals surface area contributed by atoms with Crippen molar-refractivity contribution in [2.45, 2.75) is 44.3 Å². The third-order valence-electron chi connectivity index (χ3n) is 5.70. The van der Waals surface area contributed by atoms with Crippen LogP contribution in [0.2, 0.25) is 0 Å². The van der Waals surface area contributed by atoms with Gasteiger partial charge in [-0.05, 0) is 25.7 Å². The van der Waals surface area contributed by atoms with Crippen LogP contribution in [0.3, 0.4) is 0 Å². The number of aromatic nitrogens is 2. The van der Waals surface area contributed by atoms with Crippen LogP contribution in [-0.2, 0) is 13.1 Å². The molecule has 4 heterocycles. The first-order valence-corrected chi connectivity index (χ1v) is 8.66. The third-order valence-corrected chi connectivity index (χ3v) is 5.70. The van der Waals surface area contributed by atoms with Gasteiger partial charge in [0.25, 0.3) is 5.91 Å². The summed E-state index contributed by atoms with van der Waals surface area (Å²) in [6.45, 7) is 4.19. The van der Waals surface area contributed by atoms with E-state index in [1.54, 1.807) is 0 Å². The Hall–Kier alpha value is -2.09. The summed E-state index contributed by atoms with van der Waals surface area (Å²) in [7, 11) is 0. The average Bonchev–Trinajstić information content (AvgIpc) is 3.19. The van der Waals surface area contributed by atoms with Crippen molar-refractivity contribution in [1.29, 1.82) is 0 Å². The second kappa shape index (κ2) is 5.77. The molecule has 2 saturated heterocycles. The molecule has 24 heavy (non-hydrogen) atoms. The SMILES string of the molecule is O=C(O)N1CCC2(CCCN2C(=O)c2cn3c(n2)CNCC3)CC1. The maximum Gasteiger partial charge on any atom is 0.407 e. The Kier molecular flexibility index (Phi) is 3.71. The first kappa shape index (κ1) is 15.4. The smallest absolute Gasteiger partial charge is 0.407 e. The second-order valence-electron chi connectivity index (χ2n) is 6.97. The highest BCUT2D eigenvalue weighted by atomic mass is 16.4. The number of hydrogen-bond donors (Lipinski definition) is 2. The Bertz CT molecular complexity index is 639. The predicted octanol–water partition coefficient (Wildman–Crippen LogP) is 0.735. The van der Waals surface area contributed by atoms with Gasteiger partial charge in [-0.25, -0.2) is 9.78 Å². The van der Waals surface area contributed by atoms with Crippen molar-refractivity contribution in [3.05, 3.63) is 17.7 Å². The average molecular weight is 333 g/mol. The summed E-state index contributed by atoms with van der Waals surface area (Å²) in [6.07, 6.45) is 4.39. The molecule has 0 aliphatic carbocycles.